The van der Waals surface area contributed by atoms with Gasteiger partial charge in [0, 0.05) is 19.3 Å². The van der Waals surface area contributed by atoms with Crippen LogP contribution < -0.4 is 10.6 Å². The number of nitrogens with zero attached hydrogens (tertiary/aromatic N) is 4. The molecule has 3 heterocycles. The highest BCUT2D eigenvalue weighted by Crippen LogP contribution is 2.26. The Labute approximate surface area is 193 Å². The van der Waals surface area contributed by atoms with Crippen molar-refractivity contribution < 1.29 is 18.7 Å². The molecule has 0 radical (unpaired) electrons. The number of nitrogens with one attached hydrogen (secondary N) is 2. The molecule has 1 atom stereocenters. The Morgan fingerprint density at radius 2 is 1.94 bits per heavy atom. The summed E-state index contributed by atoms with van der Waals surface area (Å²) in [6.07, 6.45) is 4.63. The number of hydrogen-bond donors (Lipinski definition) is 2. The maximum absolute atomic E-state index is 13.3. The molecule has 2 aromatic rings. The van der Waals surface area contributed by atoms with Gasteiger partial charge < -0.3 is 20.3 Å². The van der Waals surface area contributed by atoms with Crippen molar-refractivity contribution in [2.45, 2.75) is 64.6 Å². The van der Waals surface area contributed by atoms with E-state index in [4.69, 9.17) is 4.74 Å². The molecule has 1 aliphatic heterocycles. The van der Waals surface area contributed by atoms with Gasteiger partial charge in [0.05, 0.1) is 18.4 Å². The van der Waals surface area contributed by atoms with Crippen molar-refractivity contribution in [2.24, 2.45) is 0 Å². The third kappa shape index (κ3) is 6.07. The Kier molecular flexibility index (Phi) is 7.36. The van der Waals surface area contributed by atoms with Crippen molar-refractivity contribution in [2.75, 3.05) is 19.6 Å². The highest BCUT2D eigenvalue weighted by Gasteiger charge is 2.42. The van der Waals surface area contributed by atoms with E-state index in [2.05, 4.69) is 20.7 Å². The van der Waals surface area contributed by atoms with E-state index < -0.39 is 17.0 Å². The third-order valence-corrected chi connectivity index (χ3v) is 5.62. The molecule has 0 spiro atoms. The maximum atomic E-state index is 13.3. The van der Waals surface area contributed by atoms with E-state index in [0.29, 0.717) is 38.3 Å². The Morgan fingerprint density at radius 3 is 2.45 bits per heavy atom. The van der Waals surface area contributed by atoms with Crippen molar-refractivity contribution in [3.8, 4) is 5.82 Å². The largest absolute Gasteiger partial charge is 0.444 e. The summed E-state index contributed by atoms with van der Waals surface area (Å²) in [6, 6.07) is 3.27. The van der Waals surface area contributed by atoms with E-state index in [-0.39, 0.29) is 18.0 Å². The summed E-state index contributed by atoms with van der Waals surface area (Å²) in [6.45, 7) is 10.8. The van der Waals surface area contributed by atoms with Crippen molar-refractivity contribution in [1.82, 2.24) is 30.3 Å². The number of amides is 2. The molecule has 9 nitrogen and oxygen atoms in total. The van der Waals surface area contributed by atoms with Crippen molar-refractivity contribution in [3.63, 3.8) is 0 Å². The second-order valence-corrected chi connectivity index (χ2v) is 9.33. The summed E-state index contributed by atoms with van der Waals surface area (Å²) in [5.41, 5.74) is -0.505. The van der Waals surface area contributed by atoms with Crippen LogP contribution in [0.3, 0.4) is 0 Å². The summed E-state index contributed by atoms with van der Waals surface area (Å²) < 4.78 is 20.0. The summed E-state index contributed by atoms with van der Waals surface area (Å²) in [5.74, 6) is -0.0633. The second kappa shape index (κ2) is 9.86. The van der Waals surface area contributed by atoms with Crippen molar-refractivity contribution in [1.29, 1.82) is 0 Å². The minimum atomic E-state index is -0.762. The van der Waals surface area contributed by atoms with Gasteiger partial charge in [-0.3, -0.25) is 4.79 Å². The van der Waals surface area contributed by atoms with E-state index in [9.17, 15) is 14.0 Å². The molecule has 180 valence electrons. The van der Waals surface area contributed by atoms with Crippen LogP contribution in [-0.2, 0) is 9.53 Å². The van der Waals surface area contributed by atoms with Crippen LogP contribution in [-0.4, -0.2) is 62.4 Å². The predicted molar refractivity (Wildman–Crippen MR) is 121 cm³/mol. The number of aromatic nitrogens is 3. The maximum Gasteiger partial charge on any atom is 0.410 e. The van der Waals surface area contributed by atoms with E-state index in [1.165, 1.54) is 10.9 Å². The Hall–Kier alpha value is -3.01. The number of likely N-dealkylation sites (tertiary alicyclic amines) is 1. The van der Waals surface area contributed by atoms with Crippen molar-refractivity contribution >= 4 is 12.0 Å². The van der Waals surface area contributed by atoms with E-state index in [1.807, 2.05) is 40.7 Å². The molecule has 1 aliphatic rings. The number of piperidine rings is 1. The fourth-order valence-electron chi connectivity index (χ4n) is 3.85. The zero-order valence-corrected chi connectivity index (χ0v) is 19.9. The van der Waals surface area contributed by atoms with Gasteiger partial charge >= 0.3 is 6.09 Å². The monoisotopic (exact) mass is 460 g/mol. The smallest absolute Gasteiger partial charge is 0.410 e. The minimum Gasteiger partial charge on any atom is -0.444 e. The van der Waals surface area contributed by atoms with Crippen LogP contribution >= 0.6 is 0 Å². The topological polar surface area (TPSA) is 101 Å². The number of ether oxygens (including phenoxy) is 1. The Balaban J connectivity index is 1.63. The molecule has 0 aromatic carbocycles. The zero-order valence-electron chi connectivity index (χ0n) is 19.9. The van der Waals surface area contributed by atoms with Gasteiger partial charge in [-0.05, 0) is 58.7 Å². The van der Waals surface area contributed by atoms with Gasteiger partial charge in [-0.25, -0.2) is 18.9 Å². The molecule has 1 fully saturated rings. The van der Waals surface area contributed by atoms with E-state index >= 15 is 0 Å². The molecule has 2 amide bonds. The minimum absolute atomic E-state index is 0.112. The number of rotatable bonds is 6. The first kappa shape index (κ1) is 24.6. The highest BCUT2D eigenvalue weighted by molar-refractivity contribution is 5.87. The normalized spacial score (nSPS) is 16.8. The predicted octanol–water partition coefficient (Wildman–Crippen LogP) is 2.96. The number of carbonyl (C=O) groups is 2. The molecule has 10 heteroatoms. The summed E-state index contributed by atoms with van der Waals surface area (Å²) >= 11 is 0. The van der Waals surface area contributed by atoms with Crippen LogP contribution in [0.15, 0.2) is 30.7 Å². The Bertz CT molecular complexity index is 961. The third-order valence-electron chi connectivity index (χ3n) is 5.62. The molecule has 2 N–H and O–H groups in total. The molecular weight excluding hydrogens is 427 g/mol. The van der Waals surface area contributed by atoms with Crippen LogP contribution in [0, 0.1) is 5.82 Å². The second-order valence-electron chi connectivity index (χ2n) is 9.33. The number of hydrogen-bond acceptors (Lipinski definition) is 6. The van der Waals surface area contributed by atoms with Crippen molar-refractivity contribution in [3.05, 3.63) is 42.1 Å². The lowest BCUT2D eigenvalue weighted by atomic mass is 9.86. The number of pyridine rings is 1. The summed E-state index contributed by atoms with van der Waals surface area (Å²) in [5, 5.41) is 10.3. The van der Waals surface area contributed by atoms with E-state index in [1.54, 1.807) is 17.2 Å². The molecule has 0 bridgehead atoms. The quantitative estimate of drug-likeness (QED) is 0.687. The van der Waals surface area contributed by atoms with Crippen LogP contribution in [0.5, 0.6) is 0 Å². The Morgan fingerprint density at radius 1 is 1.24 bits per heavy atom. The fourth-order valence-corrected chi connectivity index (χ4v) is 3.85. The number of carbonyl (C=O) groups excluding carboxylic acids is 2. The average molecular weight is 461 g/mol. The first-order valence-corrected chi connectivity index (χ1v) is 11.2. The van der Waals surface area contributed by atoms with E-state index in [0.717, 1.165) is 11.8 Å². The lowest BCUT2D eigenvalue weighted by molar-refractivity contribution is -0.130. The van der Waals surface area contributed by atoms with Gasteiger partial charge in [-0.1, -0.05) is 13.0 Å². The molecule has 0 unspecified atom stereocenters. The van der Waals surface area contributed by atoms with Crippen LogP contribution in [0.4, 0.5) is 9.18 Å². The molecule has 1 saturated heterocycles. The van der Waals surface area contributed by atoms with Gasteiger partial charge in [0.1, 0.15) is 11.1 Å². The zero-order chi connectivity index (χ0) is 24.2. The van der Waals surface area contributed by atoms with Gasteiger partial charge in [0.2, 0.25) is 5.91 Å². The number of halogens is 1. The SMILES string of the molecule is CCNC1(C(=O)N[C@@H](C)c2ccc(-n3cc(F)cn3)nc2)CCN(C(=O)OC(C)(C)C)CC1. The van der Waals surface area contributed by atoms with Gasteiger partial charge in [0.15, 0.2) is 11.6 Å². The molecular formula is C23H33FN6O3. The fraction of sp³-hybridized carbons (Fsp3) is 0.565. The van der Waals surface area contributed by atoms with Crippen LogP contribution in [0.1, 0.15) is 59.1 Å². The molecule has 0 saturated carbocycles. The number of likely N-dealkylation sites (N-methyl/N-ethyl adjacent to an activating group) is 1. The van der Waals surface area contributed by atoms with Gasteiger partial charge in [-0.15, -0.1) is 0 Å². The molecule has 2 aromatic heterocycles. The molecule has 33 heavy (non-hydrogen) atoms. The molecule has 3 rings (SSSR count). The van der Waals surface area contributed by atoms with Crippen LogP contribution in [0.2, 0.25) is 0 Å². The lowest BCUT2D eigenvalue weighted by Gasteiger charge is -2.41. The first-order chi connectivity index (χ1) is 15.5. The van der Waals surface area contributed by atoms with Gasteiger partial charge in [0.25, 0.3) is 0 Å². The lowest BCUT2D eigenvalue weighted by Crippen LogP contribution is -2.62. The average Bonchev–Trinajstić information content (AvgIpc) is 3.19. The first-order valence-electron chi connectivity index (χ1n) is 11.2. The highest BCUT2D eigenvalue weighted by atomic mass is 19.1. The molecule has 0 aliphatic carbocycles. The standard InChI is InChI=1S/C23H33FN6O3/c1-6-26-23(9-11-29(12-10-23)21(32)33-22(3,4)5)20(31)28-16(2)17-7-8-19(25-13-17)30-15-18(24)14-27-30/h7-8,13-16,26H,6,9-12H2,1-5H3,(H,28,31)/t16-/m0/s1. The van der Waals surface area contributed by atoms with Gasteiger partial charge in [-0.2, -0.15) is 5.10 Å². The summed E-state index contributed by atoms with van der Waals surface area (Å²) in [4.78, 5) is 31.7. The van der Waals surface area contributed by atoms with Crippen LogP contribution in [0.25, 0.3) is 5.82 Å². The summed E-state index contributed by atoms with van der Waals surface area (Å²) in [7, 11) is 0.